The van der Waals surface area contributed by atoms with Gasteiger partial charge in [-0.1, -0.05) is 23.7 Å². The van der Waals surface area contributed by atoms with Gasteiger partial charge in [0.25, 0.3) is 0 Å². The first-order valence-electron chi connectivity index (χ1n) is 7.45. The Labute approximate surface area is 143 Å². The van der Waals surface area contributed by atoms with Crippen LogP contribution in [-0.2, 0) is 0 Å². The summed E-state index contributed by atoms with van der Waals surface area (Å²) < 4.78 is 5.64. The van der Waals surface area contributed by atoms with E-state index in [0.717, 1.165) is 44.8 Å². The third kappa shape index (κ3) is 2.80. The predicted molar refractivity (Wildman–Crippen MR) is 96.7 cm³/mol. The molecule has 2 heterocycles. The van der Waals surface area contributed by atoms with Crippen LogP contribution >= 0.6 is 22.9 Å². The summed E-state index contributed by atoms with van der Waals surface area (Å²) in [5, 5.41) is 5.12. The van der Waals surface area contributed by atoms with Crippen molar-refractivity contribution in [1.82, 2.24) is 4.98 Å². The molecule has 3 nitrogen and oxygen atoms in total. The zero-order valence-electron chi connectivity index (χ0n) is 12.6. The summed E-state index contributed by atoms with van der Waals surface area (Å²) in [6.07, 6.45) is 0. The topological polar surface area (TPSA) is 34.2 Å². The third-order valence-corrected chi connectivity index (χ3v) is 5.09. The first-order valence-corrected chi connectivity index (χ1v) is 8.64. The van der Waals surface area contributed by atoms with Gasteiger partial charge in [0.1, 0.15) is 17.4 Å². The number of nitrogens with zero attached hydrogens (tertiary/aromatic N) is 1. The fourth-order valence-electron chi connectivity index (χ4n) is 2.67. The van der Waals surface area contributed by atoms with E-state index < -0.39 is 0 Å². The molecule has 0 saturated carbocycles. The molecular formula is C18H15ClN2OS. The van der Waals surface area contributed by atoms with Crippen molar-refractivity contribution in [3.63, 3.8) is 0 Å². The second-order valence-corrected chi connectivity index (χ2v) is 7.06. The van der Waals surface area contributed by atoms with Crippen LogP contribution in [0.2, 0.25) is 5.02 Å². The lowest BCUT2D eigenvalue weighted by molar-refractivity contribution is 0.323. The Kier molecular flexibility index (Phi) is 3.71. The summed E-state index contributed by atoms with van der Waals surface area (Å²) in [7, 11) is 0. The molecule has 23 heavy (non-hydrogen) atoms. The molecule has 116 valence electrons. The molecule has 3 aromatic rings. The molecule has 5 heteroatoms. The summed E-state index contributed by atoms with van der Waals surface area (Å²) in [4.78, 5) is 6.04. The first kappa shape index (κ1) is 14.5. The number of aryl methyl sites for hydroxylation is 1. The Morgan fingerprint density at radius 3 is 2.74 bits per heavy atom. The molecule has 1 aliphatic rings. The monoisotopic (exact) mass is 342 g/mol. The smallest absolute Gasteiger partial charge is 0.142 e. The summed E-state index contributed by atoms with van der Waals surface area (Å²) in [6, 6.07) is 14.0. The van der Waals surface area contributed by atoms with Gasteiger partial charge in [0.2, 0.25) is 0 Å². The molecule has 2 aromatic carbocycles. The highest BCUT2D eigenvalue weighted by Crippen LogP contribution is 2.37. The minimum absolute atomic E-state index is 0.711. The van der Waals surface area contributed by atoms with Crippen LogP contribution in [0.15, 0.2) is 42.5 Å². The van der Waals surface area contributed by atoms with Crippen LogP contribution in [0, 0.1) is 6.92 Å². The lowest BCUT2D eigenvalue weighted by Crippen LogP contribution is -2.17. The Morgan fingerprint density at radius 2 is 1.91 bits per heavy atom. The standard InChI is InChI=1S/C18H15ClN2OS/c1-11-17(13-4-7-16-15(10-13)20-8-9-22-16)21-18(23-11)12-2-5-14(19)6-3-12/h2-7,10,20H,8-9H2,1H3. The fraction of sp³-hybridized carbons (Fsp3) is 0.167. The summed E-state index contributed by atoms with van der Waals surface area (Å²) in [5.74, 6) is 0.908. The van der Waals surface area contributed by atoms with E-state index in [1.165, 1.54) is 4.88 Å². The van der Waals surface area contributed by atoms with Gasteiger partial charge in [0.15, 0.2) is 0 Å². The number of anilines is 1. The molecule has 0 bridgehead atoms. The average molecular weight is 343 g/mol. The van der Waals surface area contributed by atoms with Crippen LogP contribution in [0.3, 0.4) is 0 Å². The van der Waals surface area contributed by atoms with Crippen molar-refractivity contribution in [3.05, 3.63) is 52.4 Å². The number of nitrogens with one attached hydrogen (secondary N) is 1. The molecule has 0 radical (unpaired) electrons. The Hall–Kier alpha value is -2.04. The van der Waals surface area contributed by atoms with E-state index in [2.05, 4.69) is 24.4 Å². The maximum Gasteiger partial charge on any atom is 0.142 e. The second-order valence-electron chi connectivity index (χ2n) is 5.42. The molecule has 0 aliphatic carbocycles. The second kappa shape index (κ2) is 5.87. The maximum atomic E-state index is 5.96. The summed E-state index contributed by atoms with van der Waals surface area (Å²) in [5.41, 5.74) is 4.26. The lowest BCUT2D eigenvalue weighted by atomic mass is 10.1. The fourth-order valence-corrected chi connectivity index (χ4v) is 3.74. The van der Waals surface area contributed by atoms with Crippen molar-refractivity contribution in [2.24, 2.45) is 0 Å². The molecule has 1 N–H and O–H groups in total. The van der Waals surface area contributed by atoms with E-state index >= 15 is 0 Å². The normalized spacial score (nSPS) is 13.1. The van der Waals surface area contributed by atoms with Crippen molar-refractivity contribution in [2.75, 3.05) is 18.5 Å². The van der Waals surface area contributed by atoms with Crippen LogP contribution in [-0.4, -0.2) is 18.1 Å². The van der Waals surface area contributed by atoms with Gasteiger partial charge in [0, 0.05) is 27.6 Å². The predicted octanol–water partition coefficient (Wildman–Crippen LogP) is 5.24. The Balaban J connectivity index is 1.73. The SMILES string of the molecule is Cc1sc(-c2ccc(Cl)cc2)nc1-c1ccc2c(c1)NCCO2. The molecular weight excluding hydrogens is 328 g/mol. The van der Waals surface area contributed by atoms with Gasteiger partial charge in [-0.25, -0.2) is 4.98 Å². The van der Waals surface area contributed by atoms with Crippen LogP contribution in [0.25, 0.3) is 21.8 Å². The van der Waals surface area contributed by atoms with E-state index in [1.807, 2.05) is 30.3 Å². The largest absolute Gasteiger partial charge is 0.490 e. The van der Waals surface area contributed by atoms with Gasteiger partial charge in [-0.15, -0.1) is 11.3 Å². The zero-order valence-corrected chi connectivity index (χ0v) is 14.2. The molecule has 0 fully saturated rings. The molecule has 4 rings (SSSR count). The van der Waals surface area contributed by atoms with E-state index in [4.69, 9.17) is 21.3 Å². The zero-order chi connectivity index (χ0) is 15.8. The highest BCUT2D eigenvalue weighted by atomic mass is 35.5. The van der Waals surface area contributed by atoms with E-state index in [1.54, 1.807) is 11.3 Å². The summed E-state index contributed by atoms with van der Waals surface area (Å²) in [6.45, 7) is 3.65. The van der Waals surface area contributed by atoms with Crippen molar-refractivity contribution in [2.45, 2.75) is 6.92 Å². The minimum Gasteiger partial charge on any atom is -0.490 e. The van der Waals surface area contributed by atoms with E-state index in [0.29, 0.717) is 6.61 Å². The number of ether oxygens (including phenoxy) is 1. The maximum absolute atomic E-state index is 5.96. The number of aromatic nitrogens is 1. The number of benzene rings is 2. The number of hydrogen-bond acceptors (Lipinski definition) is 4. The van der Waals surface area contributed by atoms with Crippen molar-refractivity contribution in [3.8, 4) is 27.6 Å². The van der Waals surface area contributed by atoms with Gasteiger partial charge in [-0.3, -0.25) is 0 Å². The van der Waals surface area contributed by atoms with Crippen LogP contribution in [0.4, 0.5) is 5.69 Å². The number of thiazole rings is 1. The van der Waals surface area contributed by atoms with Gasteiger partial charge in [-0.05, 0) is 37.3 Å². The number of rotatable bonds is 2. The van der Waals surface area contributed by atoms with Crippen molar-refractivity contribution >= 4 is 28.6 Å². The number of fused-ring (bicyclic) bond motifs is 1. The minimum atomic E-state index is 0.711. The molecule has 0 atom stereocenters. The third-order valence-electron chi connectivity index (χ3n) is 3.82. The molecule has 0 spiro atoms. The molecule has 0 saturated heterocycles. The van der Waals surface area contributed by atoms with Crippen molar-refractivity contribution < 1.29 is 4.74 Å². The van der Waals surface area contributed by atoms with Crippen molar-refractivity contribution in [1.29, 1.82) is 0 Å². The first-order chi connectivity index (χ1) is 11.2. The average Bonchev–Trinajstić information content (AvgIpc) is 2.97. The highest BCUT2D eigenvalue weighted by Gasteiger charge is 2.15. The Bertz CT molecular complexity index is 858. The highest BCUT2D eigenvalue weighted by molar-refractivity contribution is 7.15. The quantitative estimate of drug-likeness (QED) is 0.691. The molecule has 0 amide bonds. The molecule has 0 unspecified atom stereocenters. The van der Waals surface area contributed by atoms with Crippen LogP contribution in [0.1, 0.15) is 4.88 Å². The van der Waals surface area contributed by atoms with E-state index in [9.17, 15) is 0 Å². The number of halogens is 1. The lowest BCUT2D eigenvalue weighted by Gasteiger charge is -2.19. The Morgan fingerprint density at radius 1 is 1.13 bits per heavy atom. The molecule has 1 aliphatic heterocycles. The molecule has 1 aromatic heterocycles. The number of hydrogen-bond donors (Lipinski definition) is 1. The van der Waals surface area contributed by atoms with E-state index in [-0.39, 0.29) is 0 Å². The van der Waals surface area contributed by atoms with Gasteiger partial charge < -0.3 is 10.1 Å². The van der Waals surface area contributed by atoms with Crippen LogP contribution in [0.5, 0.6) is 5.75 Å². The summed E-state index contributed by atoms with van der Waals surface area (Å²) >= 11 is 7.66. The van der Waals surface area contributed by atoms with Gasteiger partial charge in [0.05, 0.1) is 11.4 Å². The van der Waals surface area contributed by atoms with Gasteiger partial charge in [-0.2, -0.15) is 0 Å². The van der Waals surface area contributed by atoms with Crippen LogP contribution < -0.4 is 10.1 Å². The van der Waals surface area contributed by atoms with Gasteiger partial charge >= 0.3 is 0 Å².